The minimum atomic E-state index is -1.43. The van der Waals surface area contributed by atoms with Gasteiger partial charge in [0.05, 0.1) is 13.2 Å². The molecule has 1 unspecified atom stereocenters. The fourth-order valence-electron chi connectivity index (χ4n) is 4.49. The Labute approximate surface area is 211 Å². The van der Waals surface area contributed by atoms with Crippen molar-refractivity contribution in [2.24, 2.45) is 0 Å². The standard InChI is InChI=1S/C27H35NO8/c1-3-4-11-16-28-36-24-23(34-26(29)30)22-21(18-31-25(33-22)20-14-9-6-10-15-20)35-27(24,2)32-17-19-12-7-5-8-13-19/h5-10,12-15,21-25,28H,3-4,11,16-18H2,1-2H3,(H,29,30)/t21-,22-,23+,24-,25?,27+/m1/s1. The van der Waals surface area contributed by atoms with Crippen LogP contribution in [0.3, 0.4) is 0 Å². The van der Waals surface area contributed by atoms with Crippen molar-refractivity contribution < 1.29 is 38.4 Å². The molecule has 0 saturated carbocycles. The first kappa shape index (κ1) is 26.5. The number of rotatable bonds is 11. The summed E-state index contributed by atoms with van der Waals surface area (Å²) in [4.78, 5) is 17.8. The van der Waals surface area contributed by atoms with E-state index < -0.39 is 42.6 Å². The van der Waals surface area contributed by atoms with E-state index in [-0.39, 0.29) is 13.2 Å². The molecule has 2 fully saturated rings. The van der Waals surface area contributed by atoms with Gasteiger partial charge >= 0.3 is 6.16 Å². The lowest BCUT2D eigenvalue weighted by molar-refractivity contribution is -0.408. The summed E-state index contributed by atoms with van der Waals surface area (Å²) >= 11 is 0. The maximum atomic E-state index is 11.8. The van der Waals surface area contributed by atoms with Crippen molar-refractivity contribution in [3.05, 3.63) is 71.8 Å². The van der Waals surface area contributed by atoms with Crippen LogP contribution in [0.2, 0.25) is 0 Å². The second-order valence-electron chi connectivity index (χ2n) is 9.11. The largest absolute Gasteiger partial charge is 0.506 e. The molecule has 0 aromatic heterocycles. The predicted octanol–water partition coefficient (Wildman–Crippen LogP) is 4.58. The molecule has 0 bridgehead atoms. The molecule has 2 aromatic carbocycles. The lowest BCUT2D eigenvalue weighted by Gasteiger charge is -2.52. The normalized spacial score (nSPS) is 29.9. The number of fused-ring (bicyclic) bond motifs is 1. The second-order valence-corrected chi connectivity index (χ2v) is 9.11. The number of benzene rings is 2. The number of carbonyl (C=O) groups is 1. The SMILES string of the molecule is CCCCCNO[C@@H]1[C@@H](OC(=O)O)[C@@H]2OC(c3ccccc3)OC[C@H]2O[C@]1(C)OCc1ccccc1. The van der Waals surface area contributed by atoms with Crippen LogP contribution in [0.5, 0.6) is 0 Å². The highest BCUT2D eigenvalue weighted by molar-refractivity contribution is 5.57. The Kier molecular flexibility index (Phi) is 9.30. The molecule has 0 spiro atoms. The average Bonchev–Trinajstić information content (AvgIpc) is 2.89. The lowest BCUT2D eigenvalue weighted by Crippen LogP contribution is -2.69. The van der Waals surface area contributed by atoms with Crippen LogP contribution in [0.15, 0.2) is 60.7 Å². The third kappa shape index (κ3) is 6.61. The number of nitrogens with one attached hydrogen (secondary N) is 1. The van der Waals surface area contributed by atoms with Gasteiger partial charge in [-0.15, -0.1) is 0 Å². The number of hydrogen-bond acceptors (Lipinski definition) is 8. The van der Waals surface area contributed by atoms with Crippen LogP contribution >= 0.6 is 0 Å². The van der Waals surface area contributed by atoms with Crippen molar-refractivity contribution in [1.82, 2.24) is 5.48 Å². The molecule has 196 valence electrons. The molecular formula is C27H35NO8. The molecule has 0 radical (unpaired) electrons. The number of unbranched alkanes of at least 4 members (excludes halogenated alkanes) is 2. The van der Waals surface area contributed by atoms with Gasteiger partial charge < -0.3 is 28.8 Å². The summed E-state index contributed by atoms with van der Waals surface area (Å²) in [5.74, 6) is -1.35. The molecule has 2 aromatic rings. The predicted molar refractivity (Wildman–Crippen MR) is 130 cm³/mol. The van der Waals surface area contributed by atoms with Gasteiger partial charge in [0.2, 0.25) is 0 Å². The van der Waals surface area contributed by atoms with Gasteiger partial charge in [0.1, 0.15) is 12.2 Å². The second kappa shape index (κ2) is 12.6. The number of hydroxylamine groups is 1. The zero-order valence-corrected chi connectivity index (χ0v) is 20.7. The van der Waals surface area contributed by atoms with E-state index in [1.807, 2.05) is 60.7 Å². The van der Waals surface area contributed by atoms with Gasteiger partial charge in [0, 0.05) is 12.1 Å². The van der Waals surface area contributed by atoms with Crippen molar-refractivity contribution in [3.63, 3.8) is 0 Å². The zero-order chi connectivity index (χ0) is 25.4. The number of ether oxygens (including phenoxy) is 5. The summed E-state index contributed by atoms with van der Waals surface area (Å²) in [6.07, 6.45) is -2.49. The highest BCUT2D eigenvalue weighted by Gasteiger charge is 2.59. The Morgan fingerprint density at radius 2 is 1.83 bits per heavy atom. The van der Waals surface area contributed by atoms with Gasteiger partial charge in [0.25, 0.3) is 0 Å². The van der Waals surface area contributed by atoms with Crippen LogP contribution in [0.4, 0.5) is 4.79 Å². The molecule has 2 saturated heterocycles. The molecule has 9 heteroatoms. The van der Waals surface area contributed by atoms with E-state index >= 15 is 0 Å². The summed E-state index contributed by atoms with van der Waals surface area (Å²) in [5.41, 5.74) is 4.72. The highest BCUT2D eigenvalue weighted by atomic mass is 16.8. The molecular weight excluding hydrogens is 466 g/mol. The molecule has 2 N–H and O–H groups in total. The van der Waals surface area contributed by atoms with Gasteiger partial charge in [-0.3, -0.25) is 4.84 Å². The Morgan fingerprint density at radius 3 is 2.53 bits per heavy atom. The summed E-state index contributed by atoms with van der Waals surface area (Å²) in [7, 11) is 0. The van der Waals surface area contributed by atoms with Crippen molar-refractivity contribution >= 4 is 6.16 Å². The molecule has 2 heterocycles. The fourth-order valence-corrected chi connectivity index (χ4v) is 4.49. The monoisotopic (exact) mass is 501 g/mol. The van der Waals surface area contributed by atoms with Crippen LogP contribution < -0.4 is 5.48 Å². The van der Waals surface area contributed by atoms with Crippen LogP contribution in [0, 0.1) is 0 Å². The fraction of sp³-hybridized carbons (Fsp3) is 0.519. The Bertz CT molecular complexity index is 945. The highest BCUT2D eigenvalue weighted by Crippen LogP contribution is 2.41. The molecule has 2 aliphatic heterocycles. The van der Waals surface area contributed by atoms with E-state index in [1.54, 1.807) is 6.92 Å². The average molecular weight is 502 g/mol. The van der Waals surface area contributed by atoms with Gasteiger partial charge in [0.15, 0.2) is 24.3 Å². The molecule has 9 nitrogen and oxygen atoms in total. The third-order valence-corrected chi connectivity index (χ3v) is 6.35. The quantitative estimate of drug-likeness (QED) is 0.260. The number of carboxylic acid groups (broad SMARTS) is 1. The van der Waals surface area contributed by atoms with E-state index in [2.05, 4.69) is 12.4 Å². The van der Waals surface area contributed by atoms with Gasteiger partial charge in [-0.05, 0) is 18.9 Å². The van der Waals surface area contributed by atoms with E-state index in [1.165, 1.54) is 0 Å². The van der Waals surface area contributed by atoms with E-state index in [9.17, 15) is 9.90 Å². The summed E-state index contributed by atoms with van der Waals surface area (Å²) in [6, 6.07) is 19.1. The lowest BCUT2D eigenvalue weighted by atomic mass is 9.92. The first-order chi connectivity index (χ1) is 17.5. The summed E-state index contributed by atoms with van der Waals surface area (Å²) < 4.78 is 30.2. The first-order valence-electron chi connectivity index (χ1n) is 12.5. The van der Waals surface area contributed by atoms with Crippen molar-refractivity contribution in [2.75, 3.05) is 13.2 Å². The van der Waals surface area contributed by atoms with Gasteiger partial charge in [-0.2, -0.15) is 0 Å². The van der Waals surface area contributed by atoms with Gasteiger partial charge in [-0.25, -0.2) is 10.3 Å². The summed E-state index contributed by atoms with van der Waals surface area (Å²) in [6.45, 7) is 4.84. The molecule has 6 atom stereocenters. The minimum Gasteiger partial charge on any atom is -0.450 e. The van der Waals surface area contributed by atoms with Crippen LogP contribution in [-0.4, -0.2) is 54.6 Å². The molecule has 2 aliphatic rings. The Balaban J connectivity index is 1.57. The molecule has 36 heavy (non-hydrogen) atoms. The molecule has 4 rings (SSSR count). The van der Waals surface area contributed by atoms with E-state index in [0.717, 1.165) is 30.4 Å². The Hall–Kier alpha value is -2.53. The molecule has 0 amide bonds. The van der Waals surface area contributed by atoms with Crippen LogP contribution in [0.25, 0.3) is 0 Å². The van der Waals surface area contributed by atoms with Crippen LogP contribution in [0.1, 0.15) is 50.5 Å². The molecule has 0 aliphatic carbocycles. The number of hydrogen-bond donors (Lipinski definition) is 2. The first-order valence-corrected chi connectivity index (χ1v) is 12.5. The van der Waals surface area contributed by atoms with E-state index in [4.69, 9.17) is 28.5 Å². The summed E-state index contributed by atoms with van der Waals surface area (Å²) in [5, 5.41) is 9.61. The topological polar surface area (TPSA) is 105 Å². The third-order valence-electron chi connectivity index (χ3n) is 6.35. The van der Waals surface area contributed by atoms with Crippen molar-refractivity contribution in [3.8, 4) is 0 Å². The van der Waals surface area contributed by atoms with Crippen molar-refractivity contribution in [1.29, 1.82) is 0 Å². The van der Waals surface area contributed by atoms with Gasteiger partial charge in [-0.1, -0.05) is 80.4 Å². The minimum absolute atomic E-state index is 0.171. The zero-order valence-electron chi connectivity index (χ0n) is 20.7. The van der Waals surface area contributed by atoms with Crippen molar-refractivity contribution in [2.45, 2.75) is 76.2 Å². The Morgan fingerprint density at radius 1 is 1.11 bits per heavy atom. The maximum absolute atomic E-state index is 11.8. The maximum Gasteiger partial charge on any atom is 0.506 e. The van der Waals surface area contributed by atoms with Crippen LogP contribution in [-0.2, 0) is 35.1 Å². The van der Waals surface area contributed by atoms with E-state index in [0.29, 0.717) is 6.54 Å². The smallest absolute Gasteiger partial charge is 0.450 e.